The van der Waals surface area contributed by atoms with Crippen molar-refractivity contribution in [3.05, 3.63) is 35.9 Å². The minimum absolute atomic E-state index is 0.0589. The van der Waals surface area contributed by atoms with Crippen LogP contribution in [-0.4, -0.2) is 27.5 Å². The molecule has 0 spiro atoms. The number of aryl methyl sites for hydroxylation is 1. The van der Waals surface area contributed by atoms with Crippen LogP contribution in [0.1, 0.15) is 45.6 Å². The van der Waals surface area contributed by atoms with Crippen LogP contribution in [0.2, 0.25) is 0 Å². The van der Waals surface area contributed by atoms with Crippen molar-refractivity contribution in [2.45, 2.75) is 51.6 Å². The molecule has 23 heavy (non-hydrogen) atoms. The highest BCUT2D eigenvalue weighted by molar-refractivity contribution is 7.54. The first-order valence-corrected chi connectivity index (χ1v) is 9.71. The van der Waals surface area contributed by atoms with Crippen molar-refractivity contribution in [2.75, 3.05) is 6.61 Å². The van der Waals surface area contributed by atoms with Gasteiger partial charge in [0.2, 0.25) is 0 Å². The molecule has 0 aliphatic carbocycles. The van der Waals surface area contributed by atoms with Crippen molar-refractivity contribution in [3.8, 4) is 0 Å². The summed E-state index contributed by atoms with van der Waals surface area (Å²) in [5.41, 5.74) is 1.09. The monoisotopic (exact) mass is 342 g/mol. The van der Waals surface area contributed by atoms with E-state index >= 15 is 0 Å². The Labute approximate surface area is 138 Å². The average Bonchev–Trinajstić information content (AvgIpc) is 2.51. The number of carbonyl (C=O) groups excluding carboxylic acids is 1. The van der Waals surface area contributed by atoms with Gasteiger partial charge in [-0.2, -0.15) is 0 Å². The number of benzene rings is 1. The van der Waals surface area contributed by atoms with E-state index in [-0.39, 0.29) is 13.0 Å². The molecule has 0 aliphatic heterocycles. The van der Waals surface area contributed by atoms with Crippen LogP contribution in [0.3, 0.4) is 0 Å². The van der Waals surface area contributed by atoms with E-state index in [0.717, 1.165) is 5.56 Å². The molecule has 2 N–H and O–H groups in total. The zero-order valence-corrected chi connectivity index (χ0v) is 15.0. The van der Waals surface area contributed by atoms with Gasteiger partial charge in [-0.05, 0) is 37.7 Å². The van der Waals surface area contributed by atoms with E-state index in [1.54, 1.807) is 13.8 Å². The van der Waals surface area contributed by atoms with Crippen molar-refractivity contribution >= 4 is 13.6 Å². The number of rotatable bonds is 9. The molecule has 0 saturated carbocycles. The maximum absolute atomic E-state index is 12.4. The van der Waals surface area contributed by atoms with Crippen molar-refractivity contribution < 1.29 is 23.9 Å². The molecular formula is C17H27O5P. The van der Waals surface area contributed by atoms with E-state index in [2.05, 4.69) is 0 Å². The Bertz CT molecular complexity index is 539. The largest absolute Gasteiger partial charge is 0.465 e. The third kappa shape index (κ3) is 4.43. The van der Waals surface area contributed by atoms with Crippen molar-refractivity contribution in [3.63, 3.8) is 0 Å². The highest BCUT2D eigenvalue weighted by Crippen LogP contribution is 2.58. The van der Waals surface area contributed by atoms with Gasteiger partial charge in [-0.15, -0.1) is 0 Å². The summed E-state index contributed by atoms with van der Waals surface area (Å²) < 4.78 is 17.2. The van der Waals surface area contributed by atoms with Crippen LogP contribution in [0.5, 0.6) is 0 Å². The van der Waals surface area contributed by atoms with Crippen LogP contribution in [0.4, 0.5) is 0 Å². The number of hydrogen-bond acceptors (Lipinski definition) is 3. The summed E-state index contributed by atoms with van der Waals surface area (Å²) in [4.78, 5) is 32.3. The molecule has 2 unspecified atom stereocenters. The molecule has 0 aliphatic rings. The van der Waals surface area contributed by atoms with Crippen molar-refractivity contribution in [2.24, 2.45) is 5.92 Å². The quantitative estimate of drug-likeness (QED) is 0.530. The van der Waals surface area contributed by atoms with Gasteiger partial charge in [-0.3, -0.25) is 9.36 Å². The molecule has 0 heterocycles. The number of esters is 1. The Morgan fingerprint density at radius 3 is 2.26 bits per heavy atom. The normalized spacial score (nSPS) is 15.7. The van der Waals surface area contributed by atoms with E-state index in [1.165, 1.54) is 0 Å². The fraction of sp³-hybridized carbons (Fsp3) is 0.588. The van der Waals surface area contributed by atoms with E-state index < -0.39 is 24.6 Å². The lowest BCUT2D eigenvalue weighted by atomic mass is 9.82. The first-order chi connectivity index (χ1) is 10.8. The summed E-state index contributed by atoms with van der Waals surface area (Å²) in [5, 5.41) is -1.76. The minimum Gasteiger partial charge on any atom is -0.465 e. The molecule has 130 valence electrons. The van der Waals surface area contributed by atoms with Crippen molar-refractivity contribution in [1.82, 2.24) is 0 Å². The molecule has 0 amide bonds. The fourth-order valence-electron chi connectivity index (χ4n) is 3.18. The molecule has 6 heteroatoms. The molecule has 1 aromatic rings. The number of hydrogen-bond donors (Lipinski definition) is 2. The second-order valence-electron chi connectivity index (χ2n) is 5.67. The molecule has 0 bridgehead atoms. The van der Waals surface area contributed by atoms with Gasteiger partial charge in [0.1, 0.15) is 0 Å². The summed E-state index contributed by atoms with van der Waals surface area (Å²) in [6.45, 7) is 5.24. The van der Waals surface area contributed by atoms with Gasteiger partial charge in [0.15, 0.2) is 5.16 Å². The predicted octanol–water partition coefficient (Wildman–Crippen LogP) is 3.54. The van der Waals surface area contributed by atoms with Gasteiger partial charge >= 0.3 is 13.6 Å². The topological polar surface area (TPSA) is 83.8 Å². The maximum Gasteiger partial charge on any atom is 0.343 e. The average molecular weight is 342 g/mol. The van der Waals surface area contributed by atoms with E-state index in [4.69, 9.17) is 4.74 Å². The Morgan fingerprint density at radius 1 is 1.22 bits per heavy atom. The smallest absolute Gasteiger partial charge is 0.343 e. The second-order valence-corrected chi connectivity index (χ2v) is 7.56. The first-order valence-electron chi connectivity index (χ1n) is 8.10. The van der Waals surface area contributed by atoms with Crippen LogP contribution in [0.25, 0.3) is 0 Å². The third-order valence-electron chi connectivity index (χ3n) is 4.48. The van der Waals surface area contributed by atoms with Crippen LogP contribution in [0, 0.1) is 5.92 Å². The van der Waals surface area contributed by atoms with Gasteiger partial charge in [0.05, 0.1) is 6.61 Å². The zero-order valence-electron chi connectivity index (χ0n) is 14.1. The Morgan fingerprint density at radius 2 is 1.83 bits per heavy atom. The third-order valence-corrected chi connectivity index (χ3v) is 6.38. The molecule has 5 nitrogen and oxygen atoms in total. The maximum atomic E-state index is 12.4. The fourth-order valence-corrected chi connectivity index (χ4v) is 4.69. The molecule has 2 atom stereocenters. The molecule has 0 saturated heterocycles. The molecule has 0 fully saturated rings. The van der Waals surface area contributed by atoms with E-state index in [0.29, 0.717) is 19.3 Å². The zero-order chi connectivity index (χ0) is 17.5. The lowest BCUT2D eigenvalue weighted by Crippen LogP contribution is -2.46. The van der Waals surface area contributed by atoms with Crippen LogP contribution >= 0.6 is 7.60 Å². The van der Waals surface area contributed by atoms with Gasteiger partial charge in [-0.25, -0.2) is 0 Å². The van der Waals surface area contributed by atoms with Crippen LogP contribution in [-0.2, 0) is 20.5 Å². The lowest BCUT2D eigenvalue weighted by Gasteiger charge is -2.37. The highest BCUT2D eigenvalue weighted by Gasteiger charge is 2.57. The summed E-state index contributed by atoms with van der Waals surface area (Å²) in [6, 6.07) is 9.73. The van der Waals surface area contributed by atoms with Crippen LogP contribution in [0.15, 0.2) is 30.3 Å². The minimum atomic E-state index is -4.66. The summed E-state index contributed by atoms with van der Waals surface area (Å²) in [5.74, 6) is -1.22. The SMILES string of the molecule is CCOC(=O)C(CC)(C(CC)CCc1ccccc1)P(=O)(O)O. The lowest BCUT2D eigenvalue weighted by molar-refractivity contribution is -0.149. The van der Waals surface area contributed by atoms with E-state index in [1.807, 2.05) is 37.3 Å². The Balaban J connectivity index is 3.10. The first kappa shape index (κ1) is 19.9. The van der Waals surface area contributed by atoms with E-state index in [9.17, 15) is 19.1 Å². The van der Waals surface area contributed by atoms with Crippen molar-refractivity contribution in [1.29, 1.82) is 0 Å². The molecule has 1 rings (SSSR count). The van der Waals surface area contributed by atoms with Gasteiger partial charge in [0.25, 0.3) is 0 Å². The molecular weight excluding hydrogens is 315 g/mol. The highest BCUT2D eigenvalue weighted by atomic mass is 31.2. The Hall–Kier alpha value is -1.16. The molecule has 0 aromatic heterocycles. The molecule has 1 aromatic carbocycles. The summed E-state index contributed by atoms with van der Waals surface area (Å²) >= 11 is 0. The summed E-state index contributed by atoms with van der Waals surface area (Å²) in [7, 11) is -4.66. The van der Waals surface area contributed by atoms with Crippen LogP contribution < -0.4 is 0 Å². The Kier molecular flexibility index (Phi) is 7.46. The second kappa shape index (κ2) is 8.62. The van der Waals surface area contributed by atoms with Gasteiger partial charge in [-0.1, -0.05) is 50.6 Å². The standard InChI is InChI=1S/C17H27O5P/c1-4-15(13-12-14-10-8-7-9-11-14)17(5-2,23(19,20)21)16(18)22-6-3/h7-11,15H,4-6,12-13H2,1-3H3,(H2,19,20,21). The van der Waals surface area contributed by atoms with Gasteiger partial charge < -0.3 is 14.5 Å². The number of carbonyl (C=O) groups is 1. The predicted molar refractivity (Wildman–Crippen MR) is 90.2 cm³/mol. The van der Waals surface area contributed by atoms with Gasteiger partial charge in [0, 0.05) is 0 Å². The summed E-state index contributed by atoms with van der Waals surface area (Å²) in [6.07, 6.45) is 1.76. The number of ether oxygens (including phenoxy) is 1. The molecule has 0 radical (unpaired) electrons.